The van der Waals surface area contributed by atoms with Crippen molar-refractivity contribution in [2.24, 2.45) is 0 Å². The third-order valence-electron chi connectivity index (χ3n) is 1.37. The summed E-state index contributed by atoms with van der Waals surface area (Å²) in [6.07, 6.45) is 0.746. The van der Waals surface area contributed by atoms with Gasteiger partial charge in [-0.1, -0.05) is 5.16 Å². The van der Waals surface area contributed by atoms with E-state index >= 15 is 0 Å². The van der Waals surface area contributed by atoms with Gasteiger partial charge in [0.25, 0.3) is 0 Å². The van der Waals surface area contributed by atoms with E-state index in [1.54, 1.807) is 6.92 Å². The van der Waals surface area contributed by atoms with Crippen molar-refractivity contribution in [3.63, 3.8) is 0 Å². The number of aliphatic hydroxyl groups excluding tert-OH is 1. The molecule has 0 saturated heterocycles. The van der Waals surface area contributed by atoms with Crippen molar-refractivity contribution in [3.8, 4) is 0 Å². The SMILES string of the molecule is CC(O)Cc1nc(CS(C)(=O)=O)no1. The second-order valence-electron chi connectivity index (χ2n) is 3.23. The topological polar surface area (TPSA) is 93.3 Å². The minimum atomic E-state index is -3.14. The highest BCUT2D eigenvalue weighted by Gasteiger charge is 2.13. The van der Waals surface area contributed by atoms with Crippen LogP contribution in [0.2, 0.25) is 0 Å². The largest absolute Gasteiger partial charge is 0.393 e. The monoisotopic (exact) mass is 220 g/mol. The van der Waals surface area contributed by atoms with Gasteiger partial charge in [0.1, 0.15) is 5.75 Å². The molecule has 0 saturated carbocycles. The van der Waals surface area contributed by atoms with Crippen LogP contribution in [0.25, 0.3) is 0 Å². The summed E-state index contributed by atoms with van der Waals surface area (Å²) in [7, 11) is -3.14. The van der Waals surface area contributed by atoms with Gasteiger partial charge in [-0.25, -0.2) is 8.42 Å². The van der Waals surface area contributed by atoms with Crippen molar-refractivity contribution in [1.29, 1.82) is 0 Å². The molecule has 7 heteroatoms. The Morgan fingerprint density at radius 2 is 2.21 bits per heavy atom. The van der Waals surface area contributed by atoms with Crippen LogP contribution >= 0.6 is 0 Å². The number of hydrogen-bond acceptors (Lipinski definition) is 6. The number of aromatic nitrogens is 2. The van der Waals surface area contributed by atoms with Crippen molar-refractivity contribution in [2.75, 3.05) is 6.26 Å². The molecule has 0 amide bonds. The van der Waals surface area contributed by atoms with E-state index in [-0.39, 0.29) is 23.9 Å². The lowest BCUT2D eigenvalue weighted by molar-refractivity contribution is 0.181. The number of aliphatic hydroxyl groups is 1. The Bertz CT molecular complexity index is 396. The fraction of sp³-hybridized carbons (Fsp3) is 0.714. The molecule has 14 heavy (non-hydrogen) atoms. The minimum Gasteiger partial charge on any atom is -0.393 e. The average Bonchev–Trinajstić information content (AvgIpc) is 2.30. The molecule has 6 nitrogen and oxygen atoms in total. The highest BCUT2D eigenvalue weighted by molar-refractivity contribution is 7.89. The first-order valence-corrected chi connectivity index (χ1v) is 6.10. The van der Waals surface area contributed by atoms with E-state index in [4.69, 9.17) is 9.63 Å². The van der Waals surface area contributed by atoms with E-state index < -0.39 is 15.9 Å². The van der Waals surface area contributed by atoms with Gasteiger partial charge in [0.05, 0.1) is 12.5 Å². The lowest BCUT2D eigenvalue weighted by Crippen LogP contribution is -2.05. The Hall–Kier alpha value is -0.950. The van der Waals surface area contributed by atoms with Crippen molar-refractivity contribution in [1.82, 2.24) is 10.1 Å². The summed E-state index contributed by atoms with van der Waals surface area (Å²) in [5.74, 6) is 0.137. The van der Waals surface area contributed by atoms with Gasteiger partial charge in [-0.2, -0.15) is 4.98 Å². The molecule has 0 aliphatic heterocycles. The average molecular weight is 220 g/mol. The standard InChI is InChI=1S/C7H12N2O4S/c1-5(10)3-7-8-6(9-13-7)4-14(2,11)12/h5,10H,3-4H2,1-2H3. The zero-order valence-electron chi connectivity index (χ0n) is 7.97. The summed E-state index contributed by atoms with van der Waals surface area (Å²) in [6, 6.07) is 0. The molecule has 1 rings (SSSR count). The Morgan fingerprint density at radius 3 is 2.71 bits per heavy atom. The molecule has 1 aromatic heterocycles. The smallest absolute Gasteiger partial charge is 0.229 e. The van der Waals surface area contributed by atoms with Crippen LogP contribution in [0.4, 0.5) is 0 Å². The molecular formula is C7H12N2O4S. The summed E-state index contributed by atoms with van der Waals surface area (Å²) in [4.78, 5) is 3.82. The second-order valence-corrected chi connectivity index (χ2v) is 5.37. The summed E-state index contributed by atoms with van der Waals surface area (Å²) in [5.41, 5.74) is 0. The Labute approximate surface area is 81.9 Å². The molecule has 1 atom stereocenters. The first-order chi connectivity index (χ1) is 6.37. The van der Waals surface area contributed by atoms with Gasteiger partial charge in [0, 0.05) is 6.26 Å². The van der Waals surface area contributed by atoms with E-state index in [1.165, 1.54) is 0 Å². The molecule has 1 N–H and O–H groups in total. The summed E-state index contributed by atoms with van der Waals surface area (Å²) < 4.78 is 26.5. The molecule has 0 bridgehead atoms. The van der Waals surface area contributed by atoms with Crippen molar-refractivity contribution in [3.05, 3.63) is 11.7 Å². The molecule has 0 radical (unpaired) electrons. The van der Waals surface area contributed by atoms with Crippen molar-refractivity contribution in [2.45, 2.75) is 25.2 Å². The normalized spacial score (nSPS) is 14.2. The zero-order chi connectivity index (χ0) is 10.8. The van der Waals surface area contributed by atoms with Crippen LogP contribution in [0.1, 0.15) is 18.6 Å². The number of sulfone groups is 1. The Balaban J connectivity index is 2.69. The molecule has 0 aliphatic rings. The van der Waals surface area contributed by atoms with Crippen molar-refractivity contribution >= 4 is 9.84 Å². The number of nitrogens with zero attached hydrogens (tertiary/aromatic N) is 2. The van der Waals surface area contributed by atoms with E-state index in [0.717, 1.165) is 6.26 Å². The molecule has 0 spiro atoms. The molecule has 1 unspecified atom stereocenters. The van der Waals surface area contributed by atoms with Gasteiger partial charge in [0.2, 0.25) is 5.89 Å². The van der Waals surface area contributed by atoms with Gasteiger partial charge >= 0.3 is 0 Å². The number of hydrogen-bond donors (Lipinski definition) is 1. The fourth-order valence-electron chi connectivity index (χ4n) is 0.919. The van der Waals surface area contributed by atoms with E-state index in [2.05, 4.69) is 10.1 Å². The molecule has 0 aliphatic carbocycles. The number of rotatable bonds is 4. The third kappa shape index (κ3) is 3.84. The molecular weight excluding hydrogens is 208 g/mol. The maximum Gasteiger partial charge on any atom is 0.229 e. The maximum absolute atomic E-state index is 10.9. The lowest BCUT2D eigenvalue weighted by Gasteiger charge is -1.95. The van der Waals surface area contributed by atoms with Crippen LogP contribution in [0.3, 0.4) is 0 Å². The predicted octanol–water partition coefficient (Wildman–Crippen LogP) is -0.462. The van der Waals surface area contributed by atoms with Crippen LogP contribution in [-0.4, -0.2) is 36.0 Å². The molecule has 80 valence electrons. The lowest BCUT2D eigenvalue weighted by atomic mass is 10.3. The first kappa shape index (κ1) is 11.1. The quantitative estimate of drug-likeness (QED) is 0.737. The van der Waals surface area contributed by atoms with E-state index in [1.807, 2.05) is 0 Å². The highest BCUT2D eigenvalue weighted by atomic mass is 32.2. The van der Waals surface area contributed by atoms with Gasteiger partial charge in [-0.15, -0.1) is 0 Å². The van der Waals surface area contributed by atoms with Crippen LogP contribution in [-0.2, 0) is 22.0 Å². The van der Waals surface area contributed by atoms with E-state index in [0.29, 0.717) is 0 Å². The van der Waals surface area contributed by atoms with Gasteiger partial charge < -0.3 is 9.63 Å². The van der Waals surface area contributed by atoms with Crippen molar-refractivity contribution < 1.29 is 18.0 Å². The second kappa shape index (κ2) is 4.05. The first-order valence-electron chi connectivity index (χ1n) is 4.04. The Morgan fingerprint density at radius 1 is 1.57 bits per heavy atom. The molecule has 0 aromatic carbocycles. The van der Waals surface area contributed by atoms with Crippen LogP contribution in [0.5, 0.6) is 0 Å². The molecule has 1 heterocycles. The van der Waals surface area contributed by atoms with Gasteiger partial charge in [-0.3, -0.25) is 0 Å². The van der Waals surface area contributed by atoms with Crippen LogP contribution in [0.15, 0.2) is 4.52 Å². The highest BCUT2D eigenvalue weighted by Crippen LogP contribution is 2.03. The predicted molar refractivity (Wildman–Crippen MR) is 48.2 cm³/mol. The Kier molecular flexibility index (Phi) is 3.22. The fourth-order valence-corrected chi connectivity index (χ4v) is 1.51. The maximum atomic E-state index is 10.9. The zero-order valence-corrected chi connectivity index (χ0v) is 8.78. The van der Waals surface area contributed by atoms with Crippen LogP contribution in [0, 0.1) is 0 Å². The third-order valence-corrected chi connectivity index (χ3v) is 2.15. The summed E-state index contributed by atoms with van der Waals surface area (Å²) >= 11 is 0. The minimum absolute atomic E-state index is 0.128. The summed E-state index contributed by atoms with van der Waals surface area (Å²) in [5, 5.41) is 12.5. The summed E-state index contributed by atoms with van der Waals surface area (Å²) in [6.45, 7) is 1.58. The molecule has 1 aromatic rings. The van der Waals surface area contributed by atoms with Gasteiger partial charge in [0.15, 0.2) is 15.7 Å². The van der Waals surface area contributed by atoms with E-state index in [9.17, 15) is 8.42 Å². The molecule has 0 fully saturated rings. The van der Waals surface area contributed by atoms with Crippen LogP contribution < -0.4 is 0 Å². The van der Waals surface area contributed by atoms with Gasteiger partial charge in [-0.05, 0) is 6.92 Å².